The number of nitrogens with one attached hydrogen (secondary N) is 1. The first kappa shape index (κ1) is 12.7. The smallest absolute Gasteiger partial charge is 0.252 e. The van der Waals surface area contributed by atoms with Crippen molar-refractivity contribution >= 4 is 5.91 Å². The molecular weight excluding hydrogens is 252 g/mol. The van der Waals surface area contributed by atoms with Crippen molar-refractivity contribution in [2.45, 2.75) is 25.3 Å². The highest BCUT2D eigenvalue weighted by Crippen LogP contribution is 2.44. The maximum atomic E-state index is 12.3. The van der Waals surface area contributed by atoms with Crippen LogP contribution in [0.1, 0.15) is 34.5 Å². The molecule has 4 nitrogen and oxygen atoms in total. The molecule has 2 aromatic rings. The molecule has 0 radical (unpaired) electrons. The number of aromatic hydroxyl groups is 1. The van der Waals surface area contributed by atoms with Crippen LogP contribution in [0.5, 0.6) is 5.75 Å². The van der Waals surface area contributed by atoms with Crippen molar-refractivity contribution in [3.63, 3.8) is 0 Å². The summed E-state index contributed by atoms with van der Waals surface area (Å²) in [6.45, 7) is 1.80. The van der Waals surface area contributed by atoms with Gasteiger partial charge in [0.1, 0.15) is 5.75 Å². The highest BCUT2D eigenvalue weighted by atomic mass is 16.3. The van der Waals surface area contributed by atoms with Gasteiger partial charge in [-0.2, -0.15) is 0 Å². The summed E-state index contributed by atoms with van der Waals surface area (Å²) in [6.07, 6.45) is 3.53. The summed E-state index contributed by atoms with van der Waals surface area (Å²) >= 11 is 0. The van der Waals surface area contributed by atoms with E-state index >= 15 is 0 Å². The number of rotatable bonds is 3. The van der Waals surface area contributed by atoms with Gasteiger partial charge in [0.05, 0.1) is 11.2 Å². The summed E-state index contributed by atoms with van der Waals surface area (Å²) in [4.78, 5) is 16.6. The lowest BCUT2D eigenvalue weighted by molar-refractivity contribution is 0.0929. The van der Waals surface area contributed by atoms with Crippen molar-refractivity contribution in [2.75, 3.05) is 0 Å². The summed E-state index contributed by atoms with van der Waals surface area (Å²) < 4.78 is 0. The maximum Gasteiger partial charge on any atom is 0.252 e. The molecule has 0 aliphatic heterocycles. The van der Waals surface area contributed by atoms with E-state index in [0.29, 0.717) is 5.56 Å². The van der Waals surface area contributed by atoms with Gasteiger partial charge in [-0.05, 0) is 49.6 Å². The molecule has 0 spiro atoms. The zero-order valence-electron chi connectivity index (χ0n) is 11.3. The van der Waals surface area contributed by atoms with Crippen molar-refractivity contribution in [1.29, 1.82) is 0 Å². The third-order valence-corrected chi connectivity index (χ3v) is 3.73. The number of hydrogen-bond acceptors (Lipinski definition) is 3. The van der Waals surface area contributed by atoms with Crippen molar-refractivity contribution in [3.8, 4) is 5.75 Å². The number of aryl methyl sites for hydroxylation is 1. The Labute approximate surface area is 117 Å². The fraction of sp³-hybridized carbons (Fsp3) is 0.250. The molecular formula is C16H16N2O2. The van der Waals surface area contributed by atoms with Crippen molar-refractivity contribution in [3.05, 3.63) is 59.4 Å². The molecule has 1 amide bonds. The Hall–Kier alpha value is -2.36. The molecule has 3 rings (SSSR count). The van der Waals surface area contributed by atoms with Gasteiger partial charge in [0.15, 0.2) is 0 Å². The van der Waals surface area contributed by atoms with Crippen LogP contribution in [-0.4, -0.2) is 16.0 Å². The van der Waals surface area contributed by atoms with Crippen LogP contribution in [0.4, 0.5) is 0 Å². The summed E-state index contributed by atoms with van der Waals surface area (Å²) in [5.74, 6) is -0.0382. The molecule has 0 saturated heterocycles. The molecule has 1 aliphatic carbocycles. The molecule has 1 aromatic heterocycles. The Morgan fingerprint density at radius 2 is 2.10 bits per heavy atom. The van der Waals surface area contributed by atoms with Crippen LogP contribution in [0.25, 0.3) is 0 Å². The van der Waals surface area contributed by atoms with Crippen molar-refractivity contribution < 1.29 is 9.90 Å². The molecule has 2 N–H and O–H groups in total. The number of benzene rings is 1. The van der Waals surface area contributed by atoms with Gasteiger partial charge < -0.3 is 10.4 Å². The minimum absolute atomic E-state index is 0.139. The average molecular weight is 268 g/mol. The summed E-state index contributed by atoms with van der Waals surface area (Å²) in [6, 6.07) is 10.7. The fourth-order valence-corrected chi connectivity index (χ4v) is 2.26. The van der Waals surface area contributed by atoms with Gasteiger partial charge in [0.25, 0.3) is 5.91 Å². The molecule has 1 saturated carbocycles. The molecule has 4 heteroatoms. The zero-order chi connectivity index (χ0) is 14.2. The second-order valence-electron chi connectivity index (χ2n) is 5.25. The minimum Gasteiger partial charge on any atom is -0.508 e. The molecule has 0 unspecified atom stereocenters. The van der Waals surface area contributed by atoms with Gasteiger partial charge in [-0.3, -0.25) is 9.78 Å². The van der Waals surface area contributed by atoms with Crippen LogP contribution < -0.4 is 5.32 Å². The lowest BCUT2D eigenvalue weighted by atomic mass is 10.1. The summed E-state index contributed by atoms with van der Waals surface area (Å²) in [5, 5.41) is 12.7. The quantitative estimate of drug-likeness (QED) is 0.899. The van der Waals surface area contributed by atoms with E-state index in [-0.39, 0.29) is 17.2 Å². The standard InChI is InChI=1S/C16H16N2O2/c1-11-5-6-12(10-13(11)19)15(20)18-16(7-8-16)14-4-2-3-9-17-14/h2-6,9-10,19H,7-8H2,1H3,(H,18,20). The number of nitrogens with zero attached hydrogens (tertiary/aromatic N) is 1. The molecule has 1 aromatic carbocycles. The number of phenols is 1. The van der Waals surface area contributed by atoms with Gasteiger partial charge in [0.2, 0.25) is 0 Å². The normalized spacial score (nSPS) is 15.7. The topological polar surface area (TPSA) is 62.2 Å². The van der Waals surface area contributed by atoms with Gasteiger partial charge in [-0.25, -0.2) is 0 Å². The highest BCUT2D eigenvalue weighted by Gasteiger charge is 2.47. The predicted molar refractivity (Wildman–Crippen MR) is 75.5 cm³/mol. The molecule has 1 heterocycles. The molecule has 102 valence electrons. The number of hydrogen-bond donors (Lipinski definition) is 2. The second-order valence-corrected chi connectivity index (χ2v) is 5.25. The summed E-state index contributed by atoms with van der Waals surface area (Å²) in [7, 11) is 0. The van der Waals surface area contributed by atoms with Crippen LogP contribution >= 0.6 is 0 Å². The SMILES string of the molecule is Cc1ccc(C(=O)NC2(c3ccccn3)CC2)cc1O. The van der Waals surface area contributed by atoms with Crippen LogP contribution in [0, 0.1) is 6.92 Å². The predicted octanol–water partition coefficient (Wildman–Crippen LogP) is 2.51. The molecule has 20 heavy (non-hydrogen) atoms. The highest BCUT2D eigenvalue weighted by molar-refractivity contribution is 5.95. The van der Waals surface area contributed by atoms with E-state index in [1.54, 1.807) is 25.3 Å². The van der Waals surface area contributed by atoms with E-state index in [2.05, 4.69) is 10.3 Å². The Bertz CT molecular complexity index is 649. The zero-order valence-corrected chi connectivity index (χ0v) is 11.3. The lowest BCUT2D eigenvalue weighted by Gasteiger charge is -2.17. The third-order valence-electron chi connectivity index (χ3n) is 3.73. The monoisotopic (exact) mass is 268 g/mol. The Morgan fingerprint density at radius 3 is 2.70 bits per heavy atom. The van der Waals surface area contributed by atoms with Crippen molar-refractivity contribution in [2.24, 2.45) is 0 Å². The van der Waals surface area contributed by atoms with Gasteiger partial charge in [-0.1, -0.05) is 12.1 Å². The fourth-order valence-electron chi connectivity index (χ4n) is 2.26. The number of aromatic nitrogens is 1. The van der Waals surface area contributed by atoms with E-state index in [1.165, 1.54) is 6.07 Å². The molecule has 0 bridgehead atoms. The molecule has 1 fully saturated rings. The van der Waals surface area contributed by atoms with Gasteiger partial charge >= 0.3 is 0 Å². The van der Waals surface area contributed by atoms with Crippen LogP contribution in [-0.2, 0) is 5.54 Å². The molecule has 1 aliphatic rings. The van der Waals surface area contributed by atoms with E-state index in [0.717, 1.165) is 24.1 Å². The second kappa shape index (κ2) is 4.63. The van der Waals surface area contributed by atoms with Gasteiger partial charge in [0, 0.05) is 11.8 Å². The summed E-state index contributed by atoms with van der Waals surface area (Å²) in [5.41, 5.74) is 1.78. The minimum atomic E-state index is -0.334. The molecule has 0 atom stereocenters. The Kier molecular flexibility index (Phi) is 2.93. The number of phenolic OH excluding ortho intramolecular Hbond substituents is 1. The maximum absolute atomic E-state index is 12.3. The first-order chi connectivity index (χ1) is 9.61. The largest absolute Gasteiger partial charge is 0.508 e. The number of amides is 1. The Balaban J connectivity index is 1.81. The Morgan fingerprint density at radius 1 is 1.30 bits per heavy atom. The number of carbonyl (C=O) groups excluding carboxylic acids is 1. The van der Waals surface area contributed by atoms with E-state index in [1.807, 2.05) is 18.2 Å². The van der Waals surface area contributed by atoms with Crippen LogP contribution in [0.15, 0.2) is 42.6 Å². The first-order valence-electron chi connectivity index (χ1n) is 6.64. The first-order valence-corrected chi connectivity index (χ1v) is 6.64. The average Bonchev–Trinajstić information content (AvgIpc) is 3.23. The lowest BCUT2D eigenvalue weighted by Crippen LogP contribution is -2.35. The van der Waals surface area contributed by atoms with E-state index in [9.17, 15) is 9.90 Å². The van der Waals surface area contributed by atoms with Crippen LogP contribution in [0.3, 0.4) is 0 Å². The number of carbonyl (C=O) groups is 1. The van der Waals surface area contributed by atoms with E-state index < -0.39 is 0 Å². The van der Waals surface area contributed by atoms with E-state index in [4.69, 9.17) is 0 Å². The van der Waals surface area contributed by atoms with Crippen LogP contribution in [0.2, 0.25) is 0 Å². The van der Waals surface area contributed by atoms with Crippen molar-refractivity contribution in [1.82, 2.24) is 10.3 Å². The van der Waals surface area contributed by atoms with Gasteiger partial charge in [-0.15, -0.1) is 0 Å². The third kappa shape index (κ3) is 2.25. The number of pyridine rings is 1.